The van der Waals surface area contributed by atoms with Gasteiger partial charge in [-0.3, -0.25) is 4.79 Å². The van der Waals surface area contributed by atoms with E-state index in [2.05, 4.69) is 20.8 Å². The summed E-state index contributed by atoms with van der Waals surface area (Å²) < 4.78 is 13.1. The number of fused-ring (bicyclic) bond motifs is 5. The normalized spacial score (nSPS) is 51.3. The van der Waals surface area contributed by atoms with Crippen LogP contribution in [0.25, 0.3) is 0 Å². The molecule has 0 bridgehead atoms. The first kappa shape index (κ1) is 27.7. The molecular weight excluding hydrogens is 472 g/mol. The Morgan fingerprint density at radius 3 is 2.35 bits per heavy atom. The van der Waals surface area contributed by atoms with Gasteiger partial charge in [-0.2, -0.15) is 0 Å². The molecule has 1 aliphatic heterocycles. The molecule has 210 valence electrons. The van der Waals surface area contributed by atoms with Crippen molar-refractivity contribution >= 4 is 5.78 Å². The van der Waals surface area contributed by atoms with E-state index in [4.69, 9.17) is 9.47 Å². The molecule has 1 saturated heterocycles. The summed E-state index contributed by atoms with van der Waals surface area (Å²) >= 11 is 0. The van der Waals surface area contributed by atoms with Crippen LogP contribution in [0.4, 0.5) is 0 Å². The van der Waals surface area contributed by atoms with Crippen molar-refractivity contribution in [3.8, 4) is 0 Å². The Balaban J connectivity index is 1.51. The molecule has 5 rings (SSSR count). The largest absolute Gasteiger partial charge is 0.390 e. The third kappa shape index (κ3) is 4.02. The van der Waals surface area contributed by atoms with Crippen molar-refractivity contribution in [3.05, 3.63) is 11.6 Å². The number of ether oxygens (including phenoxy) is 2. The van der Waals surface area contributed by atoms with Gasteiger partial charge in [0.25, 0.3) is 0 Å². The fraction of sp³-hybridized carbons (Fsp3) is 0.900. The van der Waals surface area contributed by atoms with Gasteiger partial charge in [0, 0.05) is 11.3 Å². The van der Waals surface area contributed by atoms with E-state index >= 15 is 0 Å². The van der Waals surface area contributed by atoms with Crippen molar-refractivity contribution in [1.29, 1.82) is 0 Å². The van der Waals surface area contributed by atoms with Gasteiger partial charge in [0.2, 0.25) is 0 Å². The lowest BCUT2D eigenvalue weighted by Gasteiger charge is -2.60. The van der Waals surface area contributed by atoms with Crippen molar-refractivity contribution in [3.63, 3.8) is 0 Å². The summed E-state index contributed by atoms with van der Waals surface area (Å²) in [6.07, 6.45) is 4.51. The highest BCUT2D eigenvalue weighted by molar-refractivity contribution is 5.95. The summed E-state index contributed by atoms with van der Waals surface area (Å²) in [5, 5.41) is 43.9. The molecule has 0 spiro atoms. The first-order valence-electron chi connectivity index (χ1n) is 14.3. The molecule has 0 radical (unpaired) electrons. The number of allylic oxidation sites excluding steroid dienone is 1. The van der Waals surface area contributed by atoms with Crippen LogP contribution in [0.15, 0.2) is 11.6 Å². The number of aliphatic hydroxyl groups excluding tert-OH is 2. The number of hydrogen-bond acceptors (Lipinski definition) is 7. The molecule has 37 heavy (non-hydrogen) atoms. The minimum absolute atomic E-state index is 0.000157. The predicted octanol–water partition coefficient (Wildman–Crippen LogP) is 3.65. The molecule has 7 nitrogen and oxygen atoms in total. The van der Waals surface area contributed by atoms with Crippen LogP contribution in [-0.2, 0) is 14.3 Å². The summed E-state index contributed by atoms with van der Waals surface area (Å²) in [7, 11) is 0. The van der Waals surface area contributed by atoms with Gasteiger partial charge in [0.15, 0.2) is 11.6 Å². The average Bonchev–Trinajstić information content (AvgIpc) is 3.17. The molecule has 5 aliphatic rings. The summed E-state index contributed by atoms with van der Waals surface area (Å²) in [5.41, 5.74) is -2.79. The SMILES string of the molecule is CC(C)(O)CC[C@H]1OC(C)(C)O[C@]1(C)[C@H]1CC[C@@]2(O)C3=CC(=O)[C@@H]4C[C@@H](O)[C@@H](O)C[C@@]4(C)[C@H]3CC[C@]12C. The van der Waals surface area contributed by atoms with E-state index in [0.29, 0.717) is 25.7 Å². The summed E-state index contributed by atoms with van der Waals surface area (Å²) in [5.74, 6) is -1.14. The Morgan fingerprint density at radius 2 is 1.70 bits per heavy atom. The highest BCUT2D eigenvalue weighted by atomic mass is 16.8. The minimum Gasteiger partial charge on any atom is -0.390 e. The zero-order valence-corrected chi connectivity index (χ0v) is 23.7. The van der Waals surface area contributed by atoms with Crippen LogP contribution in [0.2, 0.25) is 0 Å². The summed E-state index contributed by atoms with van der Waals surface area (Å²) in [6.45, 7) is 13.8. The number of hydrogen-bond donors (Lipinski definition) is 4. The molecule has 4 aliphatic carbocycles. The molecule has 10 atom stereocenters. The van der Waals surface area contributed by atoms with Gasteiger partial charge in [-0.15, -0.1) is 0 Å². The Hall–Kier alpha value is -0.830. The zero-order chi connectivity index (χ0) is 27.4. The van der Waals surface area contributed by atoms with Crippen LogP contribution in [0.3, 0.4) is 0 Å². The number of carbonyl (C=O) groups is 1. The number of carbonyl (C=O) groups excluding carboxylic acids is 1. The Bertz CT molecular complexity index is 983. The Kier molecular flexibility index (Phi) is 6.25. The monoisotopic (exact) mass is 520 g/mol. The maximum Gasteiger partial charge on any atom is 0.164 e. The number of rotatable bonds is 4. The first-order valence-corrected chi connectivity index (χ1v) is 14.3. The zero-order valence-electron chi connectivity index (χ0n) is 23.7. The predicted molar refractivity (Wildman–Crippen MR) is 138 cm³/mol. The van der Waals surface area contributed by atoms with Gasteiger partial charge in [-0.1, -0.05) is 13.8 Å². The molecule has 0 aromatic rings. The maximum atomic E-state index is 13.4. The van der Waals surface area contributed by atoms with Crippen molar-refractivity contribution in [2.45, 2.75) is 141 Å². The number of ketones is 1. The van der Waals surface area contributed by atoms with Gasteiger partial charge < -0.3 is 29.9 Å². The van der Waals surface area contributed by atoms with Gasteiger partial charge in [0.1, 0.15) is 0 Å². The average molecular weight is 521 g/mol. The first-order chi connectivity index (χ1) is 16.9. The van der Waals surface area contributed by atoms with Crippen LogP contribution in [0, 0.1) is 28.6 Å². The Labute approximate surface area is 221 Å². The van der Waals surface area contributed by atoms with E-state index < -0.39 is 45.6 Å². The lowest BCUT2D eigenvalue weighted by molar-refractivity contribution is -0.191. The topological polar surface area (TPSA) is 116 Å². The molecule has 0 aromatic heterocycles. The third-order valence-electron chi connectivity index (χ3n) is 11.4. The van der Waals surface area contributed by atoms with E-state index in [0.717, 1.165) is 24.8 Å². The fourth-order valence-corrected chi connectivity index (χ4v) is 9.49. The second kappa shape index (κ2) is 8.34. The third-order valence-corrected chi connectivity index (χ3v) is 11.4. The second-order valence-electron chi connectivity index (χ2n) is 14.7. The molecule has 0 aromatic carbocycles. The lowest BCUT2D eigenvalue weighted by atomic mass is 9.45. The molecular formula is C30H48O7. The van der Waals surface area contributed by atoms with Crippen LogP contribution in [0.1, 0.15) is 99.8 Å². The lowest BCUT2D eigenvalue weighted by Crippen LogP contribution is -2.62. The van der Waals surface area contributed by atoms with Crippen molar-refractivity contribution in [1.82, 2.24) is 0 Å². The second-order valence-corrected chi connectivity index (χ2v) is 14.7. The van der Waals surface area contributed by atoms with E-state index in [1.54, 1.807) is 6.08 Å². The highest BCUT2D eigenvalue weighted by Crippen LogP contribution is 2.69. The van der Waals surface area contributed by atoms with Crippen molar-refractivity contribution < 1.29 is 34.7 Å². The number of aliphatic hydroxyl groups is 4. The molecule has 7 heteroatoms. The summed E-state index contributed by atoms with van der Waals surface area (Å²) in [4.78, 5) is 13.4. The van der Waals surface area contributed by atoms with Gasteiger partial charge in [0.05, 0.1) is 35.1 Å². The van der Waals surface area contributed by atoms with E-state index in [9.17, 15) is 25.2 Å². The molecule has 4 N–H and O–H groups in total. The van der Waals surface area contributed by atoms with Crippen molar-refractivity contribution in [2.75, 3.05) is 0 Å². The quantitative estimate of drug-likeness (QED) is 0.447. The van der Waals surface area contributed by atoms with Crippen LogP contribution in [0.5, 0.6) is 0 Å². The molecule has 1 heterocycles. The molecule has 0 amide bonds. The van der Waals surface area contributed by atoms with Crippen LogP contribution < -0.4 is 0 Å². The van der Waals surface area contributed by atoms with Gasteiger partial charge in [-0.05, 0) is 115 Å². The summed E-state index contributed by atoms with van der Waals surface area (Å²) in [6, 6.07) is 0. The Morgan fingerprint density at radius 1 is 1.03 bits per heavy atom. The standard InChI is InChI=1S/C30H48O7/c1-25(2,34)11-10-24-29(7,37-26(3,4)36-24)23-9-13-30(35)18-14-20(31)19-15-21(32)22(33)16-27(19,5)17(18)8-12-28(23,30)6/h14,17,19,21-24,32-35H,8-13,15-16H2,1-7H3/t17-,19-,21+,22-,23-,24+,27-,28+,29+,30+/m0/s1. The van der Waals surface area contributed by atoms with E-state index in [1.807, 2.05) is 27.7 Å². The van der Waals surface area contributed by atoms with E-state index in [1.165, 1.54) is 0 Å². The maximum absolute atomic E-state index is 13.4. The smallest absolute Gasteiger partial charge is 0.164 e. The van der Waals surface area contributed by atoms with Crippen LogP contribution >= 0.6 is 0 Å². The molecule has 3 saturated carbocycles. The fourth-order valence-electron chi connectivity index (χ4n) is 9.49. The van der Waals surface area contributed by atoms with Gasteiger partial charge in [-0.25, -0.2) is 0 Å². The molecule has 0 unspecified atom stereocenters. The van der Waals surface area contributed by atoms with Gasteiger partial charge >= 0.3 is 0 Å². The highest BCUT2D eigenvalue weighted by Gasteiger charge is 2.71. The van der Waals surface area contributed by atoms with Crippen molar-refractivity contribution in [2.24, 2.45) is 28.6 Å². The minimum atomic E-state index is -1.15. The van der Waals surface area contributed by atoms with Crippen LogP contribution in [-0.4, -0.2) is 67.1 Å². The molecule has 4 fully saturated rings. The van der Waals surface area contributed by atoms with E-state index in [-0.39, 0.29) is 36.1 Å².